The van der Waals surface area contributed by atoms with E-state index in [4.69, 9.17) is 0 Å². The van der Waals surface area contributed by atoms with Gasteiger partial charge in [-0.15, -0.1) is 0 Å². The molecule has 0 saturated carbocycles. The van der Waals surface area contributed by atoms with Crippen molar-refractivity contribution in [3.8, 4) is 0 Å². The Morgan fingerprint density at radius 2 is 1.88 bits per heavy atom. The predicted molar refractivity (Wildman–Crippen MR) is 67.8 cm³/mol. The first-order valence-electron chi connectivity index (χ1n) is 6.46. The average Bonchev–Trinajstić information content (AvgIpc) is 2.81. The lowest BCUT2D eigenvalue weighted by Crippen LogP contribution is -2.36. The molecule has 0 amide bonds. The van der Waals surface area contributed by atoms with Gasteiger partial charge in [0.25, 0.3) is 0 Å². The van der Waals surface area contributed by atoms with Gasteiger partial charge < -0.3 is 0 Å². The zero-order valence-electron chi connectivity index (χ0n) is 10.6. The number of rotatable bonds is 0. The highest BCUT2D eigenvalue weighted by Crippen LogP contribution is 2.49. The number of aryl methyl sites for hydroxylation is 2. The summed E-state index contributed by atoms with van der Waals surface area (Å²) in [5.41, 5.74) is 6.72. The van der Waals surface area contributed by atoms with Crippen LogP contribution in [0.2, 0.25) is 0 Å². The van der Waals surface area contributed by atoms with Crippen molar-refractivity contribution in [2.75, 3.05) is 13.6 Å². The van der Waals surface area contributed by atoms with Gasteiger partial charge in [-0.1, -0.05) is 12.1 Å². The second-order valence-electron chi connectivity index (χ2n) is 5.61. The topological polar surface area (TPSA) is 3.24 Å². The Labute approximate surface area is 98.5 Å². The Kier molecular flexibility index (Phi) is 2.16. The summed E-state index contributed by atoms with van der Waals surface area (Å²) in [6.07, 6.45) is 5.35. The molecule has 0 bridgehead atoms. The fourth-order valence-corrected chi connectivity index (χ4v) is 3.94. The molecule has 3 rings (SSSR count). The summed E-state index contributed by atoms with van der Waals surface area (Å²) >= 11 is 0. The third-order valence-electron chi connectivity index (χ3n) is 4.82. The zero-order chi connectivity index (χ0) is 11.3. The summed E-state index contributed by atoms with van der Waals surface area (Å²) in [5, 5.41) is 0. The summed E-state index contributed by atoms with van der Waals surface area (Å²) in [6, 6.07) is 4.61. The smallest absolute Gasteiger partial charge is 0.0466 e. The van der Waals surface area contributed by atoms with Crippen LogP contribution >= 0.6 is 0 Å². The summed E-state index contributed by atoms with van der Waals surface area (Å²) in [4.78, 5) is 2.60. The van der Waals surface area contributed by atoms with E-state index < -0.39 is 0 Å². The highest BCUT2D eigenvalue weighted by atomic mass is 15.2. The first-order valence-corrected chi connectivity index (χ1v) is 6.46. The molecule has 1 fully saturated rings. The van der Waals surface area contributed by atoms with E-state index in [1.165, 1.54) is 43.4 Å². The Morgan fingerprint density at radius 3 is 2.56 bits per heavy atom. The Hall–Kier alpha value is -0.820. The standard InChI is InChI=1S/C15H21N/c1-11-5-6-12(2)14-13(11)7-9-15(14)8-4-10-16(15)3/h5-6H,4,7-10H2,1-3H3. The van der Waals surface area contributed by atoms with Crippen LogP contribution in [-0.4, -0.2) is 18.5 Å². The molecule has 0 aromatic heterocycles. The Balaban J connectivity index is 2.22. The molecule has 1 atom stereocenters. The van der Waals surface area contributed by atoms with Crippen molar-refractivity contribution in [3.63, 3.8) is 0 Å². The van der Waals surface area contributed by atoms with Crippen molar-refractivity contribution >= 4 is 0 Å². The molecule has 1 aliphatic heterocycles. The number of hydrogen-bond donors (Lipinski definition) is 0. The van der Waals surface area contributed by atoms with Gasteiger partial charge in [0.15, 0.2) is 0 Å². The van der Waals surface area contributed by atoms with E-state index in [0.29, 0.717) is 5.54 Å². The van der Waals surface area contributed by atoms with Crippen LogP contribution < -0.4 is 0 Å². The normalized spacial score (nSPS) is 28.9. The minimum Gasteiger partial charge on any atom is -0.297 e. The van der Waals surface area contributed by atoms with E-state index >= 15 is 0 Å². The maximum Gasteiger partial charge on any atom is 0.0466 e. The quantitative estimate of drug-likeness (QED) is 0.642. The molecule has 1 saturated heterocycles. The number of fused-ring (bicyclic) bond motifs is 2. The molecule has 0 radical (unpaired) electrons. The minimum atomic E-state index is 0.394. The van der Waals surface area contributed by atoms with Gasteiger partial charge in [-0.2, -0.15) is 0 Å². The second-order valence-corrected chi connectivity index (χ2v) is 5.61. The molecule has 16 heavy (non-hydrogen) atoms. The van der Waals surface area contributed by atoms with E-state index in [2.05, 4.69) is 37.9 Å². The molecular weight excluding hydrogens is 194 g/mol. The first kappa shape index (κ1) is 10.3. The lowest BCUT2D eigenvalue weighted by atomic mass is 9.85. The van der Waals surface area contributed by atoms with E-state index in [9.17, 15) is 0 Å². The summed E-state index contributed by atoms with van der Waals surface area (Å²) < 4.78 is 0. The van der Waals surface area contributed by atoms with Gasteiger partial charge in [0.2, 0.25) is 0 Å². The molecule has 1 heterocycles. The third-order valence-corrected chi connectivity index (χ3v) is 4.82. The maximum atomic E-state index is 2.60. The highest BCUT2D eigenvalue weighted by Gasteiger charge is 2.45. The van der Waals surface area contributed by atoms with Crippen molar-refractivity contribution in [1.82, 2.24) is 4.90 Å². The molecule has 2 aliphatic rings. The van der Waals surface area contributed by atoms with Gasteiger partial charge in [-0.25, -0.2) is 0 Å². The Bertz CT molecular complexity index is 435. The van der Waals surface area contributed by atoms with Crippen molar-refractivity contribution in [2.24, 2.45) is 0 Å². The fraction of sp³-hybridized carbons (Fsp3) is 0.600. The molecule has 1 unspecified atom stereocenters. The second kappa shape index (κ2) is 3.33. The monoisotopic (exact) mass is 215 g/mol. The predicted octanol–water partition coefficient (Wildman–Crippen LogP) is 3.17. The van der Waals surface area contributed by atoms with Gasteiger partial charge in [0, 0.05) is 5.54 Å². The number of benzene rings is 1. The molecule has 1 heteroatoms. The van der Waals surface area contributed by atoms with Gasteiger partial charge in [0.1, 0.15) is 0 Å². The molecular formula is C15H21N. The van der Waals surface area contributed by atoms with Gasteiger partial charge >= 0.3 is 0 Å². The summed E-state index contributed by atoms with van der Waals surface area (Å²) in [6.45, 7) is 5.83. The van der Waals surface area contributed by atoms with Crippen LogP contribution in [0, 0.1) is 13.8 Å². The number of hydrogen-bond acceptors (Lipinski definition) is 1. The van der Waals surface area contributed by atoms with E-state index in [1.807, 2.05) is 0 Å². The van der Waals surface area contributed by atoms with Crippen LogP contribution in [0.25, 0.3) is 0 Å². The maximum absolute atomic E-state index is 2.60. The number of likely N-dealkylation sites (tertiary alicyclic amines) is 1. The number of nitrogens with zero attached hydrogens (tertiary/aromatic N) is 1. The highest BCUT2D eigenvalue weighted by molar-refractivity contribution is 5.48. The van der Waals surface area contributed by atoms with Crippen LogP contribution in [0.1, 0.15) is 41.5 Å². The van der Waals surface area contributed by atoms with Crippen molar-refractivity contribution < 1.29 is 0 Å². The summed E-state index contributed by atoms with van der Waals surface area (Å²) in [7, 11) is 2.31. The van der Waals surface area contributed by atoms with Crippen molar-refractivity contribution in [1.29, 1.82) is 0 Å². The third kappa shape index (κ3) is 1.15. The van der Waals surface area contributed by atoms with Gasteiger partial charge in [0.05, 0.1) is 0 Å². The summed E-state index contributed by atoms with van der Waals surface area (Å²) in [5.74, 6) is 0. The van der Waals surface area contributed by atoms with Gasteiger partial charge in [-0.3, -0.25) is 4.90 Å². The molecule has 1 nitrogen and oxygen atoms in total. The largest absolute Gasteiger partial charge is 0.297 e. The van der Waals surface area contributed by atoms with Crippen LogP contribution in [0.3, 0.4) is 0 Å². The molecule has 0 N–H and O–H groups in total. The molecule has 86 valence electrons. The van der Waals surface area contributed by atoms with Crippen LogP contribution in [0.15, 0.2) is 12.1 Å². The molecule has 1 aromatic rings. The van der Waals surface area contributed by atoms with Crippen LogP contribution in [0.4, 0.5) is 0 Å². The van der Waals surface area contributed by atoms with Crippen LogP contribution in [0.5, 0.6) is 0 Å². The molecule has 1 aromatic carbocycles. The molecule has 1 aliphatic carbocycles. The molecule has 1 spiro atoms. The van der Waals surface area contributed by atoms with E-state index in [1.54, 1.807) is 11.1 Å². The SMILES string of the molecule is Cc1ccc(C)c2c1CCC21CCCN1C. The zero-order valence-corrected chi connectivity index (χ0v) is 10.6. The van der Waals surface area contributed by atoms with E-state index in [0.717, 1.165) is 0 Å². The lowest BCUT2D eigenvalue weighted by molar-refractivity contribution is 0.174. The van der Waals surface area contributed by atoms with E-state index in [-0.39, 0.29) is 0 Å². The van der Waals surface area contributed by atoms with Gasteiger partial charge in [-0.05, 0) is 75.4 Å². The minimum absolute atomic E-state index is 0.394. The Morgan fingerprint density at radius 1 is 1.12 bits per heavy atom. The van der Waals surface area contributed by atoms with Crippen LogP contribution in [-0.2, 0) is 12.0 Å². The van der Waals surface area contributed by atoms with Crippen molar-refractivity contribution in [3.05, 3.63) is 34.4 Å². The fourth-order valence-electron chi connectivity index (χ4n) is 3.94. The van der Waals surface area contributed by atoms with Crippen molar-refractivity contribution in [2.45, 2.75) is 45.1 Å². The lowest BCUT2D eigenvalue weighted by Gasteiger charge is -2.34. The average molecular weight is 215 g/mol. The first-order chi connectivity index (χ1) is 7.65.